The van der Waals surface area contributed by atoms with Crippen molar-refractivity contribution in [3.8, 4) is 11.4 Å². The van der Waals surface area contributed by atoms with Gasteiger partial charge in [-0.2, -0.15) is 4.98 Å². The van der Waals surface area contributed by atoms with E-state index in [1.54, 1.807) is 24.3 Å². The standard InChI is InChI=1S/C21H20ClN3O4/c1-2-14-3-9-17(10-4-14)23-18(26)13-28-20(27)12-11-19-24-21(25-29-19)15-5-7-16(22)8-6-15/h3-10H,2,11-13H2,1H3,(H,23,26). The van der Waals surface area contributed by atoms with Crippen LogP contribution in [0.1, 0.15) is 24.8 Å². The van der Waals surface area contributed by atoms with Crippen LogP contribution in [0.15, 0.2) is 53.1 Å². The lowest BCUT2D eigenvalue weighted by molar-refractivity contribution is -0.147. The average Bonchev–Trinajstić information content (AvgIpc) is 3.21. The van der Waals surface area contributed by atoms with E-state index in [4.69, 9.17) is 20.9 Å². The molecule has 0 atom stereocenters. The van der Waals surface area contributed by atoms with E-state index in [2.05, 4.69) is 22.4 Å². The third-order valence-corrected chi connectivity index (χ3v) is 4.38. The topological polar surface area (TPSA) is 94.3 Å². The van der Waals surface area contributed by atoms with Gasteiger partial charge in [-0.25, -0.2) is 0 Å². The summed E-state index contributed by atoms with van der Waals surface area (Å²) in [6.45, 7) is 1.70. The Bertz CT molecular complexity index is 968. The van der Waals surface area contributed by atoms with Crippen molar-refractivity contribution >= 4 is 29.2 Å². The van der Waals surface area contributed by atoms with E-state index in [9.17, 15) is 9.59 Å². The van der Waals surface area contributed by atoms with Crippen LogP contribution >= 0.6 is 11.6 Å². The number of rotatable bonds is 8. The fourth-order valence-corrected chi connectivity index (χ4v) is 2.65. The van der Waals surface area contributed by atoms with Crippen molar-refractivity contribution in [1.29, 1.82) is 0 Å². The van der Waals surface area contributed by atoms with Crippen LogP contribution in [0, 0.1) is 0 Å². The minimum Gasteiger partial charge on any atom is -0.456 e. The normalized spacial score (nSPS) is 10.6. The number of nitrogens with one attached hydrogen (secondary N) is 1. The molecule has 0 fully saturated rings. The number of benzene rings is 2. The fourth-order valence-electron chi connectivity index (χ4n) is 2.52. The lowest BCUT2D eigenvalue weighted by Crippen LogP contribution is -2.21. The fraction of sp³-hybridized carbons (Fsp3) is 0.238. The van der Waals surface area contributed by atoms with E-state index in [0.29, 0.717) is 22.4 Å². The van der Waals surface area contributed by atoms with Crippen LogP contribution in [0.25, 0.3) is 11.4 Å². The summed E-state index contributed by atoms with van der Waals surface area (Å²) in [5.74, 6) is -0.191. The summed E-state index contributed by atoms with van der Waals surface area (Å²) in [6.07, 6.45) is 1.17. The van der Waals surface area contributed by atoms with Gasteiger partial charge in [-0.05, 0) is 48.4 Å². The SMILES string of the molecule is CCc1ccc(NC(=O)COC(=O)CCc2nc(-c3ccc(Cl)cc3)no2)cc1. The number of anilines is 1. The molecule has 2 aromatic carbocycles. The van der Waals surface area contributed by atoms with Gasteiger partial charge < -0.3 is 14.6 Å². The lowest BCUT2D eigenvalue weighted by atomic mass is 10.1. The number of esters is 1. The predicted molar refractivity (Wildman–Crippen MR) is 108 cm³/mol. The Kier molecular flexibility index (Phi) is 6.97. The first-order valence-corrected chi connectivity index (χ1v) is 9.54. The maximum absolute atomic E-state index is 11.9. The highest BCUT2D eigenvalue weighted by Gasteiger charge is 2.13. The Labute approximate surface area is 173 Å². The number of carbonyl (C=O) groups is 2. The maximum Gasteiger partial charge on any atom is 0.306 e. The highest BCUT2D eigenvalue weighted by atomic mass is 35.5. The third-order valence-electron chi connectivity index (χ3n) is 4.12. The lowest BCUT2D eigenvalue weighted by Gasteiger charge is -2.07. The van der Waals surface area contributed by atoms with Crippen LogP contribution in [-0.4, -0.2) is 28.6 Å². The molecule has 3 aromatic rings. The van der Waals surface area contributed by atoms with Crippen LogP contribution in [0.2, 0.25) is 5.02 Å². The molecular formula is C21H20ClN3O4. The number of nitrogens with zero attached hydrogens (tertiary/aromatic N) is 2. The molecule has 8 heteroatoms. The van der Waals surface area contributed by atoms with Crippen LogP contribution in [0.4, 0.5) is 5.69 Å². The van der Waals surface area contributed by atoms with Gasteiger partial charge in [0.25, 0.3) is 5.91 Å². The van der Waals surface area contributed by atoms with Gasteiger partial charge in [0.15, 0.2) is 6.61 Å². The monoisotopic (exact) mass is 413 g/mol. The molecular weight excluding hydrogens is 394 g/mol. The number of aryl methyl sites for hydroxylation is 2. The molecule has 0 saturated carbocycles. The van der Waals surface area contributed by atoms with Crippen LogP contribution in [-0.2, 0) is 27.2 Å². The first-order valence-electron chi connectivity index (χ1n) is 9.16. The zero-order valence-electron chi connectivity index (χ0n) is 15.9. The van der Waals surface area contributed by atoms with E-state index in [-0.39, 0.29) is 19.4 Å². The molecule has 7 nitrogen and oxygen atoms in total. The highest BCUT2D eigenvalue weighted by molar-refractivity contribution is 6.30. The maximum atomic E-state index is 11.9. The van der Waals surface area contributed by atoms with E-state index >= 15 is 0 Å². The summed E-state index contributed by atoms with van der Waals surface area (Å²) < 4.78 is 10.1. The van der Waals surface area contributed by atoms with Crippen LogP contribution < -0.4 is 5.32 Å². The largest absolute Gasteiger partial charge is 0.456 e. The first-order chi connectivity index (χ1) is 14.0. The van der Waals surface area contributed by atoms with E-state index < -0.39 is 11.9 Å². The number of ether oxygens (including phenoxy) is 1. The Hall–Kier alpha value is -3.19. The van der Waals surface area contributed by atoms with Crippen molar-refractivity contribution < 1.29 is 18.8 Å². The highest BCUT2D eigenvalue weighted by Crippen LogP contribution is 2.19. The van der Waals surface area contributed by atoms with Crippen LogP contribution in [0.3, 0.4) is 0 Å². The van der Waals surface area contributed by atoms with Gasteiger partial charge in [-0.3, -0.25) is 9.59 Å². The number of halogens is 1. The van der Waals surface area contributed by atoms with Gasteiger partial charge in [-0.15, -0.1) is 0 Å². The summed E-state index contributed by atoms with van der Waals surface area (Å²) in [5, 5.41) is 7.18. The molecule has 0 spiro atoms. The molecule has 1 aromatic heterocycles. The summed E-state index contributed by atoms with van der Waals surface area (Å²) in [4.78, 5) is 28.0. The molecule has 3 rings (SSSR count). The molecule has 0 aliphatic carbocycles. The summed E-state index contributed by atoms with van der Waals surface area (Å²) in [6, 6.07) is 14.5. The molecule has 0 radical (unpaired) electrons. The van der Waals surface area contributed by atoms with Crippen molar-refractivity contribution in [3.05, 3.63) is 65.0 Å². The molecule has 0 aliphatic rings. The average molecular weight is 414 g/mol. The first kappa shape index (κ1) is 20.5. The number of aromatic nitrogens is 2. The number of amides is 1. The second-order valence-corrected chi connectivity index (χ2v) is 6.71. The minimum absolute atomic E-state index is 0.0285. The van der Waals surface area contributed by atoms with Crippen molar-refractivity contribution in [2.45, 2.75) is 26.2 Å². The molecule has 0 aliphatic heterocycles. The van der Waals surface area contributed by atoms with Gasteiger partial charge in [0.05, 0.1) is 6.42 Å². The van der Waals surface area contributed by atoms with E-state index in [0.717, 1.165) is 12.0 Å². The van der Waals surface area contributed by atoms with Crippen molar-refractivity contribution in [2.24, 2.45) is 0 Å². The molecule has 1 N–H and O–H groups in total. The molecule has 0 saturated heterocycles. The van der Waals surface area contributed by atoms with Gasteiger partial charge >= 0.3 is 5.97 Å². The summed E-state index contributed by atoms with van der Waals surface area (Å²) in [7, 11) is 0. The molecule has 150 valence electrons. The minimum atomic E-state index is -0.521. The zero-order valence-corrected chi connectivity index (χ0v) is 16.6. The Morgan fingerprint density at radius 1 is 1.10 bits per heavy atom. The van der Waals surface area contributed by atoms with Crippen molar-refractivity contribution in [3.63, 3.8) is 0 Å². The smallest absolute Gasteiger partial charge is 0.306 e. The van der Waals surface area contributed by atoms with Gasteiger partial charge in [0.1, 0.15) is 0 Å². The molecule has 1 amide bonds. The number of carbonyl (C=O) groups excluding carboxylic acids is 2. The second kappa shape index (κ2) is 9.84. The van der Waals surface area contributed by atoms with Gasteiger partial charge in [0, 0.05) is 22.7 Å². The molecule has 0 unspecified atom stereocenters. The summed E-state index contributed by atoms with van der Waals surface area (Å²) in [5.41, 5.74) is 2.59. The second-order valence-electron chi connectivity index (χ2n) is 6.28. The van der Waals surface area contributed by atoms with Crippen molar-refractivity contribution in [1.82, 2.24) is 10.1 Å². The van der Waals surface area contributed by atoms with Gasteiger partial charge in [-0.1, -0.05) is 35.8 Å². The molecule has 29 heavy (non-hydrogen) atoms. The van der Waals surface area contributed by atoms with Crippen LogP contribution in [0.5, 0.6) is 0 Å². The number of hydrogen-bond acceptors (Lipinski definition) is 6. The number of hydrogen-bond donors (Lipinski definition) is 1. The van der Waals surface area contributed by atoms with E-state index in [1.165, 1.54) is 5.56 Å². The quantitative estimate of drug-likeness (QED) is 0.559. The zero-order chi connectivity index (χ0) is 20.6. The van der Waals surface area contributed by atoms with E-state index in [1.807, 2.05) is 24.3 Å². The Morgan fingerprint density at radius 3 is 2.52 bits per heavy atom. The third kappa shape index (κ3) is 6.15. The summed E-state index contributed by atoms with van der Waals surface area (Å²) >= 11 is 5.85. The Balaban J connectivity index is 1.41. The van der Waals surface area contributed by atoms with Gasteiger partial charge in [0.2, 0.25) is 11.7 Å². The predicted octanol–water partition coefficient (Wildman–Crippen LogP) is 4.07. The Morgan fingerprint density at radius 2 is 1.83 bits per heavy atom. The molecule has 0 bridgehead atoms. The molecule has 1 heterocycles. The van der Waals surface area contributed by atoms with Crippen molar-refractivity contribution in [2.75, 3.05) is 11.9 Å².